The molecule has 34 heavy (non-hydrogen) atoms. The van der Waals surface area contributed by atoms with E-state index < -0.39 is 21.5 Å². The Morgan fingerprint density at radius 2 is 1.82 bits per heavy atom. The van der Waals surface area contributed by atoms with Gasteiger partial charge < -0.3 is 14.4 Å². The molecule has 1 saturated heterocycles. The number of rotatable bonds is 5. The van der Waals surface area contributed by atoms with E-state index >= 15 is 0 Å². The SMILES string of the molecule is CC1(C)Oc2cc(-c3ccc(OCC4CCN(c5ncc(Cl)cn5)CC4)c(F)c3)ccc2[SH+]1=O. The molecule has 0 saturated carbocycles. The van der Waals surface area contributed by atoms with Crippen molar-refractivity contribution >= 4 is 28.3 Å². The number of halogens is 2. The summed E-state index contributed by atoms with van der Waals surface area (Å²) >= 11 is 5.86. The van der Waals surface area contributed by atoms with Crippen molar-refractivity contribution < 1.29 is 18.1 Å². The first-order chi connectivity index (χ1) is 16.3. The summed E-state index contributed by atoms with van der Waals surface area (Å²) in [6.45, 7) is 5.72. The van der Waals surface area contributed by atoms with Gasteiger partial charge in [0.15, 0.2) is 17.3 Å². The van der Waals surface area contributed by atoms with E-state index in [9.17, 15) is 8.60 Å². The number of benzene rings is 2. The van der Waals surface area contributed by atoms with Gasteiger partial charge in [-0.25, -0.2) is 14.4 Å². The van der Waals surface area contributed by atoms with Crippen molar-refractivity contribution in [3.8, 4) is 22.6 Å². The first kappa shape index (κ1) is 23.1. The van der Waals surface area contributed by atoms with Crippen molar-refractivity contribution in [1.82, 2.24) is 9.97 Å². The van der Waals surface area contributed by atoms with Crippen LogP contribution in [0.2, 0.25) is 5.02 Å². The van der Waals surface area contributed by atoms with Crippen LogP contribution in [0.3, 0.4) is 0 Å². The van der Waals surface area contributed by atoms with Gasteiger partial charge in [0.1, 0.15) is 10.8 Å². The van der Waals surface area contributed by atoms with Crippen LogP contribution in [0.25, 0.3) is 11.1 Å². The molecule has 5 rings (SSSR count). The molecule has 1 aromatic heterocycles. The van der Waals surface area contributed by atoms with Crippen LogP contribution >= 0.6 is 11.6 Å². The second-order valence-electron chi connectivity index (χ2n) is 9.11. The summed E-state index contributed by atoms with van der Waals surface area (Å²) < 4.78 is 39.0. The maximum absolute atomic E-state index is 14.8. The fourth-order valence-electron chi connectivity index (χ4n) is 4.32. The average Bonchev–Trinajstić information content (AvgIpc) is 3.06. The van der Waals surface area contributed by atoms with E-state index in [0.29, 0.717) is 39.7 Å². The van der Waals surface area contributed by atoms with Gasteiger partial charge in [0.25, 0.3) is 4.93 Å². The van der Waals surface area contributed by atoms with Crippen molar-refractivity contribution in [2.75, 3.05) is 24.6 Å². The van der Waals surface area contributed by atoms with Gasteiger partial charge in [-0.2, -0.15) is 0 Å². The molecule has 3 aromatic rings. The minimum Gasteiger partial charge on any atom is -0.490 e. The van der Waals surface area contributed by atoms with Crippen LogP contribution in [0.1, 0.15) is 26.7 Å². The highest BCUT2D eigenvalue weighted by Gasteiger charge is 2.44. The fourth-order valence-corrected chi connectivity index (χ4v) is 5.70. The fraction of sp³-hybridized carbons (Fsp3) is 0.360. The summed E-state index contributed by atoms with van der Waals surface area (Å²) in [5.74, 6) is 1.45. The molecule has 6 nitrogen and oxygen atoms in total. The zero-order valence-electron chi connectivity index (χ0n) is 19.0. The van der Waals surface area contributed by atoms with Gasteiger partial charge >= 0.3 is 0 Å². The first-order valence-electron chi connectivity index (χ1n) is 11.3. The van der Waals surface area contributed by atoms with Gasteiger partial charge in [-0.3, -0.25) is 0 Å². The molecular formula is C25H26ClFN3O3S+. The summed E-state index contributed by atoms with van der Waals surface area (Å²) in [5.41, 5.74) is 1.52. The summed E-state index contributed by atoms with van der Waals surface area (Å²) in [4.78, 5) is 10.7. The molecule has 1 atom stereocenters. The highest BCUT2D eigenvalue weighted by atomic mass is 35.5. The molecule has 0 N–H and O–H groups in total. The van der Waals surface area contributed by atoms with Crippen LogP contribution in [-0.2, 0) is 15.0 Å². The second-order valence-corrected chi connectivity index (χ2v) is 11.7. The van der Waals surface area contributed by atoms with E-state index in [4.69, 9.17) is 21.1 Å². The molecule has 2 aliphatic heterocycles. The Hall–Kier alpha value is -2.71. The third-order valence-corrected chi connectivity index (χ3v) is 8.34. The van der Waals surface area contributed by atoms with E-state index in [0.717, 1.165) is 31.5 Å². The van der Waals surface area contributed by atoms with Crippen molar-refractivity contribution in [3.05, 3.63) is 59.6 Å². The third-order valence-electron chi connectivity index (χ3n) is 6.27. The number of anilines is 1. The second kappa shape index (κ2) is 9.15. The summed E-state index contributed by atoms with van der Waals surface area (Å²) in [7, 11) is -1.63. The molecule has 178 valence electrons. The quantitative estimate of drug-likeness (QED) is 0.343. The molecule has 1 unspecified atom stereocenters. The van der Waals surface area contributed by atoms with Crippen molar-refractivity contribution in [2.24, 2.45) is 5.92 Å². The number of hydrogen-bond donors (Lipinski definition) is 0. The van der Waals surface area contributed by atoms with Crippen LogP contribution in [0.5, 0.6) is 11.5 Å². The Morgan fingerprint density at radius 1 is 1.15 bits per heavy atom. The summed E-state index contributed by atoms with van der Waals surface area (Å²) in [6.07, 6.45) is 5.03. The number of nitrogens with zero attached hydrogens (tertiary/aromatic N) is 3. The van der Waals surface area contributed by atoms with Crippen LogP contribution in [0.15, 0.2) is 53.7 Å². The number of ether oxygens (including phenoxy) is 2. The Balaban J connectivity index is 1.19. The van der Waals surface area contributed by atoms with Crippen LogP contribution in [0, 0.1) is 11.7 Å². The van der Waals surface area contributed by atoms with Crippen molar-refractivity contribution in [2.45, 2.75) is 36.5 Å². The normalized spacial score (nSPS) is 19.5. The summed E-state index contributed by atoms with van der Waals surface area (Å²) in [6, 6.07) is 10.5. The monoisotopic (exact) mass is 502 g/mol. The molecule has 0 bridgehead atoms. The zero-order valence-corrected chi connectivity index (χ0v) is 20.7. The van der Waals surface area contributed by atoms with Crippen LogP contribution < -0.4 is 14.4 Å². The van der Waals surface area contributed by atoms with E-state index in [-0.39, 0.29) is 5.75 Å². The van der Waals surface area contributed by atoms with Crippen LogP contribution in [0.4, 0.5) is 10.3 Å². The lowest BCUT2D eigenvalue weighted by molar-refractivity contribution is 0.209. The Morgan fingerprint density at radius 3 is 2.53 bits per heavy atom. The molecule has 9 heteroatoms. The maximum atomic E-state index is 14.8. The Bertz CT molecular complexity index is 1230. The number of aromatic nitrogens is 2. The molecule has 1 fully saturated rings. The number of fused-ring (bicyclic) bond motifs is 1. The molecule has 3 heterocycles. The average molecular weight is 503 g/mol. The smallest absolute Gasteiger partial charge is 0.267 e. The highest BCUT2D eigenvalue weighted by Crippen LogP contribution is 2.41. The first-order valence-corrected chi connectivity index (χ1v) is 12.9. The van der Waals surface area contributed by atoms with E-state index in [1.807, 2.05) is 38.1 Å². The van der Waals surface area contributed by atoms with Gasteiger partial charge in [-0.1, -0.05) is 21.9 Å². The van der Waals surface area contributed by atoms with E-state index in [1.54, 1.807) is 18.5 Å². The Kier molecular flexibility index (Phi) is 6.20. The lowest BCUT2D eigenvalue weighted by atomic mass is 9.98. The lowest BCUT2D eigenvalue weighted by Crippen LogP contribution is -2.36. The maximum Gasteiger partial charge on any atom is 0.267 e. The lowest BCUT2D eigenvalue weighted by Gasteiger charge is -2.31. The minimum atomic E-state index is -1.63. The van der Waals surface area contributed by atoms with Crippen LogP contribution in [-0.4, -0.2) is 34.6 Å². The van der Waals surface area contributed by atoms with Gasteiger partial charge in [0, 0.05) is 26.9 Å². The molecule has 0 amide bonds. The number of piperidine rings is 1. The predicted molar refractivity (Wildman–Crippen MR) is 132 cm³/mol. The largest absolute Gasteiger partial charge is 0.490 e. The van der Waals surface area contributed by atoms with Gasteiger partial charge in [0.2, 0.25) is 10.8 Å². The molecule has 0 radical (unpaired) electrons. The Labute approximate surface area is 205 Å². The minimum absolute atomic E-state index is 0.244. The topological polar surface area (TPSA) is 64.6 Å². The van der Waals surface area contributed by atoms with Crippen molar-refractivity contribution in [1.29, 1.82) is 0 Å². The molecule has 2 aromatic carbocycles. The highest BCUT2D eigenvalue weighted by molar-refractivity contribution is 7.86. The molecule has 0 spiro atoms. The third kappa shape index (κ3) is 4.61. The number of thiol groups is 1. The zero-order chi connectivity index (χ0) is 23.9. The van der Waals surface area contributed by atoms with Gasteiger partial charge in [-0.05, 0) is 60.2 Å². The molecule has 2 aliphatic rings. The predicted octanol–water partition coefficient (Wildman–Crippen LogP) is 5.42. The summed E-state index contributed by atoms with van der Waals surface area (Å²) in [5, 5.41) is 0.519. The van der Waals surface area contributed by atoms with Crippen molar-refractivity contribution in [3.63, 3.8) is 0 Å². The molecule has 0 aliphatic carbocycles. The van der Waals surface area contributed by atoms with Gasteiger partial charge in [0.05, 0.1) is 24.0 Å². The van der Waals surface area contributed by atoms with E-state index in [1.165, 1.54) is 6.07 Å². The standard InChI is InChI=1S/C25H25ClFN3O3S/c1-25(2)33-22-12-18(4-6-23(22)34(25)31)17-3-5-21(20(27)11-17)32-15-16-7-9-30(10-8-16)24-28-13-19(26)14-29-24/h3-6,11-14,16H,7-10,15H2,1-2H3/p+1. The number of hydrogen-bond acceptors (Lipinski definition) is 6. The van der Waals surface area contributed by atoms with Gasteiger partial charge in [-0.15, -0.1) is 0 Å². The molecular weight excluding hydrogens is 477 g/mol. The van der Waals surface area contributed by atoms with E-state index in [2.05, 4.69) is 14.9 Å².